The summed E-state index contributed by atoms with van der Waals surface area (Å²) < 4.78 is 0. The second kappa shape index (κ2) is 25.9. The quantitative estimate of drug-likeness (QED) is 0.0213. The van der Waals surface area contributed by atoms with Gasteiger partial charge < -0.3 is 75.1 Å². The van der Waals surface area contributed by atoms with Crippen molar-refractivity contribution >= 4 is 59.2 Å². The number of aliphatic carboxylic acids is 2. The van der Waals surface area contributed by atoms with Gasteiger partial charge >= 0.3 is 11.9 Å². The standard InChI is InChI=1S/C35H59N13O12/c1-16(2)10-22(45-28(53)19(36)14-49)31(56)43-20(6-5-9-41-35(38)39)29(54)46-23(11-18-13-40-15-42-18)32(57)48-27(17(3)4)33(58)44-21(7-8-25(37)50)30(55)47-24(34(59)60)12-26(51)52/h13,15-17,19-24,27,49H,5-12,14,36H2,1-4H3,(H2,37,50)(H,40,42)(H,43,56)(H,44,58)(H,45,53)(H,46,54)(H,47,55)(H,48,57)(H,51,52)(H,59,60)(H4,38,39,41)/t19-,20-,21-,22-,23-,24-,27-/m0/s1. The van der Waals surface area contributed by atoms with E-state index in [2.05, 4.69) is 41.5 Å². The highest BCUT2D eigenvalue weighted by molar-refractivity contribution is 5.97. The zero-order chi connectivity index (χ0) is 45.7. The lowest BCUT2D eigenvalue weighted by Gasteiger charge is -2.29. The number of aliphatic imine (C=N–C) groups is 1. The molecular weight excluding hydrogens is 794 g/mol. The molecule has 0 aliphatic rings. The molecule has 0 aliphatic carbocycles. The van der Waals surface area contributed by atoms with Crippen LogP contribution < -0.4 is 54.8 Å². The van der Waals surface area contributed by atoms with Crippen LogP contribution in [0.15, 0.2) is 17.5 Å². The first-order valence-electron chi connectivity index (χ1n) is 19.0. The number of aromatic amines is 1. The topological polar surface area (TPSA) is 432 Å². The molecule has 1 aromatic rings. The van der Waals surface area contributed by atoms with Gasteiger partial charge in [0.2, 0.25) is 41.4 Å². The Kier molecular flexibility index (Phi) is 22.3. The molecule has 18 N–H and O–H groups in total. The van der Waals surface area contributed by atoms with Crippen molar-refractivity contribution in [3.8, 4) is 0 Å². The molecule has 0 spiro atoms. The van der Waals surface area contributed by atoms with Crippen molar-refractivity contribution in [2.24, 2.45) is 39.8 Å². The summed E-state index contributed by atoms with van der Waals surface area (Å²) in [7, 11) is 0. The van der Waals surface area contributed by atoms with Crippen molar-refractivity contribution in [2.45, 2.75) is 115 Å². The number of aliphatic hydroxyl groups excluding tert-OH is 1. The Labute approximate surface area is 345 Å². The molecule has 7 amide bonds. The van der Waals surface area contributed by atoms with E-state index in [-0.39, 0.29) is 44.1 Å². The average Bonchev–Trinajstić information content (AvgIpc) is 3.67. The maximum atomic E-state index is 14.0. The lowest BCUT2D eigenvalue weighted by atomic mass is 10.00. The fourth-order valence-corrected chi connectivity index (χ4v) is 5.46. The first-order chi connectivity index (χ1) is 28.0. The number of nitrogens with one attached hydrogen (secondary N) is 7. The molecule has 60 heavy (non-hydrogen) atoms. The molecule has 0 unspecified atom stereocenters. The van der Waals surface area contributed by atoms with Gasteiger partial charge in [-0.2, -0.15) is 0 Å². The largest absolute Gasteiger partial charge is 0.481 e. The number of nitrogens with zero attached hydrogens (tertiary/aromatic N) is 2. The molecule has 25 nitrogen and oxygen atoms in total. The van der Waals surface area contributed by atoms with E-state index in [4.69, 9.17) is 28.0 Å². The van der Waals surface area contributed by atoms with E-state index in [1.54, 1.807) is 27.7 Å². The van der Waals surface area contributed by atoms with Crippen molar-refractivity contribution in [2.75, 3.05) is 13.2 Å². The number of aliphatic hydroxyl groups is 1. The van der Waals surface area contributed by atoms with Gasteiger partial charge in [-0.1, -0.05) is 27.7 Å². The Morgan fingerprint density at radius 3 is 1.77 bits per heavy atom. The van der Waals surface area contributed by atoms with E-state index >= 15 is 0 Å². The monoisotopic (exact) mass is 853 g/mol. The highest BCUT2D eigenvalue weighted by atomic mass is 16.4. The second-order valence-corrected chi connectivity index (χ2v) is 14.6. The number of carboxylic acids is 2. The number of imidazole rings is 1. The molecule has 7 atom stereocenters. The summed E-state index contributed by atoms with van der Waals surface area (Å²) in [5.74, 6) is -10.6. The van der Waals surface area contributed by atoms with Gasteiger partial charge in [-0.25, -0.2) is 9.78 Å². The number of primary amides is 1. The molecule has 0 bridgehead atoms. The van der Waals surface area contributed by atoms with E-state index in [1.807, 2.05) is 5.32 Å². The third-order valence-corrected chi connectivity index (χ3v) is 8.62. The number of amides is 7. The van der Waals surface area contributed by atoms with Crippen LogP contribution >= 0.6 is 0 Å². The molecule has 0 aromatic carbocycles. The Morgan fingerprint density at radius 1 is 0.733 bits per heavy atom. The van der Waals surface area contributed by atoms with Crippen LogP contribution in [0.3, 0.4) is 0 Å². The Hall–Kier alpha value is -6.37. The minimum absolute atomic E-state index is 0.0533. The average molecular weight is 854 g/mol. The van der Waals surface area contributed by atoms with E-state index < -0.39 is 127 Å². The van der Waals surface area contributed by atoms with Gasteiger partial charge in [0.25, 0.3) is 0 Å². The van der Waals surface area contributed by atoms with E-state index in [0.29, 0.717) is 5.69 Å². The van der Waals surface area contributed by atoms with E-state index in [1.165, 1.54) is 12.5 Å². The van der Waals surface area contributed by atoms with Crippen molar-refractivity contribution in [1.29, 1.82) is 0 Å². The SMILES string of the molecule is CC(C)C[C@H](NC(=O)[C@@H](N)CO)C(=O)N[C@@H](CCCN=C(N)N)C(=O)N[C@@H](Cc1cnc[nH]1)C(=O)N[C@H](C(=O)N[C@@H](CCC(N)=O)C(=O)N[C@@H](CC(=O)O)C(=O)O)C(C)C. The molecule has 1 aromatic heterocycles. The lowest BCUT2D eigenvalue weighted by molar-refractivity contribution is -0.147. The maximum Gasteiger partial charge on any atom is 0.326 e. The normalized spacial score (nSPS) is 14.5. The molecule has 0 radical (unpaired) electrons. The first kappa shape index (κ1) is 51.6. The smallest absolute Gasteiger partial charge is 0.326 e. The zero-order valence-corrected chi connectivity index (χ0v) is 33.9. The Morgan fingerprint density at radius 2 is 1.27 bits per heavy atom. The highest BCUT2D eigenvalue weighted by Gasteiger charge is 2.35. The minimum Gasteiger partial charge on any atom is -0.481 e. The van der Waals surface area contributed by atoms with Gasteiger partial charge in [-0.15, -0.1) is 0 Å². The Bertz CT molecular complexity index is 1670. The van der Waals surface area contributed by atoms with Gasteiger partial charge in [-0.05, 0) is 37.5 Å². The molecule has 0 aliphatic heterocycles. The minimum atomic E-state index is -1.89. The lowest BCUT2D eigenvalue weighted by Crippen LogP contribution is -2.61. The Balaban J connectivity index is 3.46. The van der Waals surface area contributed by atoms with Crippen molar-refractivity contribution in [3.05, 3.63) is 18.2 Å². The van der Waals surface area contributed by atoms with Crippen LogP contribution in [0.1, 0.15) is 71.9 Å². The molecule has 1 rings (SSSR count). The van der Waals surface area contributed by atoms with Crippen LogP contribution in [0, 0.1) is 11.8 Å². The van der Waals surface area contributed by atoms with Crippen LogP contribution in [0.4, 0.5) is 0 Å². The number of hydrogen-bond acceptors (Lipinski definition) is 13. The fraction of sp³-hybridized carbons (Fsp3) is 0.629. The molecule has 336 valence electrons. The number of H-pyrrole nitrogens is 1. The molecular formula is C35H59N13O12. The number of guanidine groups is 1. The van der Waals surface area contributed by atoms with Crippen LogP contribution in [-0.2, 0) is 49.6 Å². The third-order valence-electron chi connectivity index (χ3n) is 8.62. The number of nitrogens with two attached hydrogens (primary N) is 4. The predicted octanol–water partition coefficient (Wildman–Crippen LogP) is -5.24. The van der Waals surface area contributed by atoms with Crippen LogP contribution in [0.25, 0.3) is 0 Å². The third kappa shape index (κ3) is 19.4. The van der Waals surface area contributed by atoms with Gasteiger partial charge in [0, 0.05) is 31.3 Å². The van der Waals surface area contributed by atoms with Crippen LogP contribution in [-0.4, -0.2) is 140 Å². The molecule has 1 heterocycles. The molecule has 0 saturated heterocycles. The summed E-state index contributed by atoms with van der Waals surface area (Å²) in [5.41, 5.74) is 22.1. The van der Waals surface area contributed by atoms with E-state index in [9.17, 15) is 53.4 Å². The van der Waals surface area contributed by atoms with Gasteiger partial charge in [-0.3, -0.25) is 43.3 Å². The van der Waals surface area contributed by atoms with Gasteiger partial charge in [0.15, 0.2) is 5.96 Å². The summed E-state index contributed by atoms with van der Waals surface area (Å²) in [6.45, 7) is 6.02. The number of hydrogen-bond donors (Lipinski definition) is 14. The fourth-order valence-electron chi connectivity index (χ4n) is 5.46. The number of aromatic nitrogens is 2. The second-order valence-electron chi connectivity index (χ2n) is 14.6. The number of carbonyl (C=O) groups excluding carboxylic acids is 7. The predicted molar refractivity (Wildman–Crippen MR) is 211 cm³/mol. The van der Waals surface area contributed by atoms with Gasteiger partial charge in [0.1, 0.15) is 42.3 Å². The van der Waals surface area contributed by atoms with Crippen molar-refractivity contribution in [1.82, 2.24) is 41.9 Å². The number of carbonyl (C=O) groups is 9. The van der Waals surface area contributed by atoms with Crippen molar-refractivity contribution in [3.63, 3.8) is 0 Å². The highest BCUT2D eigenvalue weighted by Crippen LogP contribution is 2.11. The van der Waals surface area contributed by atoms with Crippen LogP contribution in [0.5, 0.6) is 0 Å². The molecule has 25 heteroatoms. The summed E-state index contributed by atoms with van der Waals surface area (Å²) in [6, 6.07) is -10.2. The van der Waals surface area contributed by atoms with Crippen LogP contribution in [0.2, 0.25) is 0 Å². The maximum absolute atomic E-state index is 14.0. The van der Waals surface area contributed by atoms with Gasteiger partial charge in [0.05, 0.1) is 19.4 Å². The number of carboxylic acid groups (broad SMARTS) is 2. The first-order valence-corrected chi connectivity index (χ1v) is 19.0. The molecule has 0 saturated carbocycles. The van der Waals surface area contributed by atoms with E-state index in [0.717, 1.165) is 0 Å². The summed E-state index contributed by atoms with van der Waals surface area (Å²) in [4.78, 5) is 126. The number of rotatable bonds is 28. The van der Waals surface area contributed by atoms with Crippen molar-refractivity contribution < 1.29 is 58.5 Å². The summed E-state index contributed by atoms with van der Waals surface area (Å²) in [6.07, 6.45) is 0.828. The zero-order valence-electron chi connectivity index (χ0n) is 33.9. The summed E-state index contributed by atoms with van der Waals surface area (Å²) >= 11 is 0. The molecule has 0 fully saturated rings. The summed E-state index contributed by atoms with van der Waals surface area (Å²) in [5, 5.41) is 42.4.